The maximum Gasteiger partial charge on any atom is 0.132 e. The Balaban J connectivity index is 0.000000226. The summed E-state index contributed by atoms with van der Waals surface area (Å²) in [5.74, 6) is 0.753. The molecule has 1 fully saturated rings. The third-order valence-corrected chi connectivity index (χ3v) is 2.01. The van der Waals surface area contributed by atoms with Crippen LogP contribution in [0.5, 0.6) is 0 Å². The summed E-state index contributed by atoms with van der Waals surface area (Å²) in [7, 11) is 0. The smallest absolute Gasteiger partial charge is 0.132 e. The van der Waals surface area contributed by atoms with Crippen LogP contribution in [0.1, 0.15) is 58.8 Å². The van der Waals surface area contributed by atoms with Gasteiger partial charge in [0.2, 0.25) is 0 Å². The Hall–Kier alpha value is -0.660. The van der Waals surface area contributed by atoms with Crippen molar-refractivity contribution in [2.75, 3.05) is 0 Å². The molecule has 0 heterocycles. The summed E-state index contributed by atoms with van der Waals surface area (Å²) >= 11 is 0. The van der Waals surface area contributed by atoms with E-state index in [1.165, 1.54) is 6.42 Å². The fourth-order valence-electron chi connectivity index (χ4n) is 1.30. The van der Waals surface area contributed by atoms with Gasteiger partial charge in [0.25, 0.3) is 0 Å². The van der Waals surface area contributed by atoms with Crippen LogP contribution in [-0.4, -0.2) is 11.6 Å². The molecule has 13 heavy (non-hydrogen) atoms. The number of rotatable bonds is 2. The Morgan fingerprint density at radius 2 is 1.77 bits per heavy atom. The van der Waals surface area contributed by atoms with Crippen LogP contribution in [0.15, 0.2) is 0 Å². The molecule has 1 rings (SSSR count). The highest BCUT2D eigenvalue weighted by Crippen LogP contribution is 2.12. The topological polar surface area (TPSA) is 34.1 Å². The first-order valence-corrected chi connectivity index (χ1v) is 5.18. The lowest BCUT2D eigenvalue weighted by atomic mass is 10.00. The predicted molar refractivity (Wildman–Crippen MR) is 53.7 cm³/mol. The van der Waals surface area contributed by atoms with Crippen molar-refractivity contribution >= 4 is 11.6 Å². The molecule has 0 amide bonds. The molecule has 0 N–H and O–H groups in total. The van der Waals surface area contributed by atoms with Crippen molar-refractivity contribution in [3.05, 3.63) is 0 Å². The Kier molecular flexibility index (Phi) is 7.56. The zero-order valence-electron chi connectivity index (χ0n) is 8.77. The van der Waals surface area contributed by atoms with Crippen molar-refractivity contribution in [3.8, 4) is 0 Å². The average molecular weight is 184 g/mol. The van der Waals surface area contributed by atoms with Crippen LogP contribution < -0.4 is 0 Å². The lowest BCUT2D eigenvalue weighted by Crippen LogP contribution is -2.02. The molecule has 0 aromatic carbocycles. The molecule has 0 saturated heterocycles. The van der Waals surface area contributed by atoms with E-state index in [0.717, 1.165) is 38.5 Å². The van der Waals surface area contributed by atoms with Gasteiger partial charge in [-0.15, -0.1) is 0 Å². The fraction of sp³-hybridized carbons (Fsp3) is 0.818. The number of carbonyl (C=O) groups excluding carboxylic acids is 2. The first-order valence-electron chi connectivity index (χ1n) is 5.18. The second-order valence-electron chi connectivity index (χ2n) is 3.55. The van der Waals surface area contributed by atoms with E-state index in [4.69, 9.17) is 0 Å². The van der Waals surface area contributed by atoms with Crippen LogP contribution in [0, 0.1) is 0 Å². The van der Waals surface area contributed by atoms with Crippen LogP contribution in [0.3, 0.4) is 0 Å². The van der Waals surface area contributed by atoms with Crippen molar-refractivity contribution in [3.63, 3.8) is 0 Å². The highest BCUT2D eigenvalue weighted by molar-refractivity contribution is 5.78. The maximum atomic E-state index is 10.5. The summed E-state index contributed by atoms with van der Waals surface area (Å²) in [6.45, 7) is 3.62. The second-order valence-corrected chi connectivity index (χ2v) is 3.55. The number of hydrogen-bond donors (Lipinski definition) is 0. The molecule has 0 unspecified atom stereocenters. The molecule has 0 bridgehead atoms. The van der Waals surface area contributed by atoms with Crippen LogP contribution in [0.2, 0.25) is 0 Å². The van der Waals surface area contributed by atoms with Gasteiger partial charge in [0, 0.05) is 19.3 Å². The third kappa shape index (κ3) is 9.25. The molecule has 2 heteroatoms. The minimum atomic E-state index is 0.289. The van der Waals surface area contributed by atoms with Crippen LogP contribution in [0.4, 0.5) is 0 Å². The molecule has 0 aromatic rings. The first-order chi connectivity index (χ1) is 6.16. The lowest BCUT2D eigenvalue weighted by Gasteiger charge is -2.05. The van der Waals surface area contributed by atoms with Gasteiger partial charge in [-0.3, -0.25) is 4.79 Å². The Labute approximate surface area is 80.7 Å². The summed E-state index contributed by atoms with van der Waals surface area (Å²) in [5, 5.41) is 0. The SMILES string of the molecule is CCCC(C)=O.O=C1CCCCC1. The standard InChI is InChI=1S/C6H10O.C5H10O/c7-6-4-2-1-3-5-6;1-3-4-5(2)6/h1-5H2;3-4H2,1-2H3. The van der Waals surface area contributed by atoms with Crippen molar-refractivity contribution in [1.29, 1.82) is 0 Å². The zero-order valence-corrected chi connectivity index (χ0v) is 8.77. The summed E-state index contributed by atoms with van der Waals surface area (Å²) in [4.78, 5) is 20.5. The number of hydrogen-bond acceptors (Lipinski definition) is 2. The van der Waals surface area contributed by atoms with Gasteiger partial charge < -0.3 is 4.79 Å². The average Bonchev–Trinajstić information content (AvgIpc) is 2.06. The Morgan fingerprint density at radius 1 is 1.23 bits per heavy atom. The zero-order chi connectivity index (χ0) is 10.1. The molecule has 0 radical (unpaired) electrons. The summed E-state index contributed by atoms with van der Waals surface area (Å²) in [6, 6.07) is 0. The molecular formula is C11H20O2. The molecule has 0 atom stereocenters. The maximum absolute atomic E-state index is 10.5. The van der Waals surface area contributed by atoms with Crippen molar-refractivity contribution < 1.29 is 9.59 Å². The lowest BCUT2D eigenvalue weighted by molar-refractivity contribution is -0.120. The van der Waals surface area contributed by atoms with Gasteiger partial charge in [-0.1, -0.05) is 13.3 Å². The third-order valence-electron chi connectivity index (χ3n) is 2.01. The van der Waals surface area contributed by atoms with Crippen molar-refractivity contribution in [1.82, 2.24) is 0 Å². The highest BCUT2D eigenvalue weighted by atomic mass is 16.1. The highest BCUT2D eigenvalue weighted by Gasteiger charge is 2.05. The van der Waals surface area contributed by atoms with Gasteiger partial charge in [0.1, 0.15) is 11.6 Å². The molecule has 2 nitrogen and oxygen atoms in total. The fourth-order valence-corrected chi connectivity index (χ4v) is 1.30. The van der Waals surface area contributed by atoms with Crippen molar-refractivity contribution in [2.45, 2.75) is 58.8 Å². The molecule has 1 aliphatic rings. The molecule has 0 aromatic heterocycles. The number of carbonyl (C=O) groups is 2. The summed E-state index contributed by atoms with van der Waals surface area (Å²) in [6.07, 6.45) is 6.96. The quantitative estimate of drug-likeness (QED) is 0.661. The number of ketones is 2. The van der Waals surface area contributed by atoms with E-state index in [2.05, 4.69) is 0 Å². The van der Waals surface area contributed by atoms with E-state index in [-0.39, 0.29) is 5.78 Å². The van der Waals surface area contributed by atoms with E-state index in [0.29, 0.717) is 5.78 Å². The Morgan fingerprint density at radius 3 is 1.92 bits per heavy atom. The van der Waals surface area contributed by atoms with Gasteiger partial charge in [-0.05, 0) is 26.2 Å². The van der Waals surface area contributed by atoms with Gasteiger partial charge in [-0.2, -0.15) is 0 Å². The van der Waals surface area contributed by atoms with E-state index in [1.807, 2.05) is 6.92 Å². The van der Waals surface area contributed by atoms with E-state index >= 15 is 0 Å². The summed E-state index contributed by atoms with van der Waals surface area (Å²) in [5.41, 5.74) is 0. The Bertz CT molecular complexity index is 153. The first kappa shape index (κ1) is 12.3. The molecule has 0 spiro atoms. The van der Waals surface area contributed by atoms with Gasteiger partial charge in [0.15, 0.2) is 0 Å². The molecule has 1 aliphatic carbocycles. The predicted octanol–water partition coefficient (Wildman–Crippen LogP) is 2.90. The van der Waals surface area contributed by atoms with Crippen LogP contribution >= 0.6 is 0 Å². The minimum Gasteiger partial charge on any atom is -0.300 e. The van der Waals surface area contributed by atoms with E-state index in [1.54, 1.807) is 6.92 Å². The minimum absolute atomic E-state index is 0.289. The normalized spacial score (nSPS) is 16.0. The second kappa shape index (κ2) is 7.96. The van der Waals surface area contributed by atoms with Crippen molar-refractivity contribution in [2.24, 2.45) is 0 Å². The monoisotopic (exact) mass is 184 g/mol. The largest absolute Gasteiger partial charge is 0.300 e. The van der Waals surface area contributed by atoms with Gasteiger partial charge in [0.05, 0.1) is 0 Å². The molecule has 1 saturated carbocycles. The molecule has 0 aliphatic heterocycles. The van der Waals surface area contributed by atoms with E-state index < -0.39 is 0 Å². The van der Waals surface area contributed by atoms with Crippen LogP contribution in [-0.2, 0) is 9.59 Å². The van der Waals surface area contributed by atoms with Crippen LogP contribution in [0.25, 0.3) is 0 Å². The van der Waals surface area contributed by atoms with Gasteiger partial charge in [-0.25, -0.2) is 0 Å². The molecular weight excluding hydrogens is 164 g/mol. The molecule has 76 valence electrons. The summed E-state index contributed by atoms with van der Waals surface area (Å²) < 4.78 is 0. The number of Topliss-reactive ketones (excluding diaryl/α,β-unsaturated/α-hetero) is 2. The van der Waals surface area contributed by atoms with Gasteiger partial charge >= 0.3 is 0 Å². The van der Waals surface area contributed by atoms with E-state index in [9.17, 15) is 9.59 Å².